The fourth-order valence-electron chi connectivity index (χ4n) is 3.89. The lowest BCUT2D eigenvalue weighted by Crippen LogP contribution is -2.47. The highest BCUT2D eigenvalue weighted by molar-refractivity contribution is 5.77. The van der Waals surface area contributed by atoms with Crippen molar-refractivity contribution in [2.75, 3.05) is 52.7 Å². The molecule has 0 radical (unpaired) electrons. The van der Waals surface area contributed by atoms with E-state index in [4.69, 9.17) is 18.9 Å². The van der Waals surface area contributed by atoms with E-state index < -0.39 is 0 Å². The van der Waals surface area contributed by atoms with Crippen molar-refractivity contribution >= 4 is 5.91 Å². The number of hydrogen-bond donors (Lipinski definition) is 0. The molecule has 3 saturated heterocycles. The molecule has 1 atom stereocenters. The van der Waals surface area contributed by atoms with Crippen LogP contribution in [0.25, 0.3) is 0 Å². The van der Waals surface area contributed by atoms with Crippen LogP contribution in [0.1, 0.15) is 39.0 Å². The van der Waals surface area contributed by atoms with Crippen molar-refractivity contribution < 1.29 is 23.7 Å². The molecule has 24 heavy (non-hydrogen) atoms. The van der Waals surface area contributed by atoms with Gasteiger partial charge in [0.2, 0.25) is 5.91 Å². The third-order valence-electron chi connectivity index (χ3n) is 5.54. The number of piperidine rings is 1. The van der Waals surface area contributed by atoms with Crippen LogP contribution in [0.4, 0.5) is 0 Å². The lowest BCUT2D eigenvalue weighted by molar-refractivity contribution is -0.140. The minimum atomic E-state index is -0.0806. The molecule has 3 heterocycles. The zero-order valence-corrected chi connectivity index (χ0v) is 14.8. The van der Waals surface area contributed by atoms with Gasteiger partial charge in [-0.1, -0.05) is 0 Å². The SMILES string of the molecule is CCOCC(=O)N1CCC2(CC1)CC(OCC1CCOCC1)CO2. The molecule has 1 unspecified atom stereocenters. The van der Waals surface area contributed by atoms with Crippen LogP contribution in [-0.2, 0) is 23.7 Å². The monoisotopic (exact) mass is 341 g/mol. The van der Waals surface area contributed by atoms with Gasteiger partial charge >= 0.3 is 0 Å². The van der Waals surface area contributed by atoms with Gasteiger partial charge in [0.15, 0.2) is 0 Å². The molecule has 0 aromatic carbocycles. The van der Waals surface area contributed by atoms with Crippen molar-refractivity contribution in [2.24, 2.45) is 5.92 Å². The Morgan fingerprint density at radius 1 is 1.25 bits per heavy atom. The molecule has 1 amide bonds. The second kappa shape index (κ2) is 8.61. The molecule has 0 aromatic heterocycles. The van der Waals surface area contributed by atoms with Crippen molar-refractivity contribution in [2.45, 2.75) is 50.7 Å². The topological polar surface area (TPSA) is 57.2 Å². The van der Waals surface area contributed by atoms with E-state index in [1.807, 2.05) is 11.8 Å². The summed E-state index contributed by atoms with van der Waals surface area (Å²) < 4.78 is 22.9. The van der Waals surface area contributed by atoms with E-state index in [1.165, 1.54) is 0 Å². The van der Waals surface area contributed by atoms with Gasteiger partial charge in [-0.2, -0.15) is 0 Å². The Labute approximate surface area is 144 Å². The summed E-state index contributed by atoms with van der Waals surface area (Å²) >= 11 is 0. The van der Waals surface area contributed by atoms with E-state index in [1.54, 1.807) is 0 Å². The Hall–Kier alpha value is -0.690. The van der Waals surface area contributed by atoms with Gasteiger partial charge in [-0.05, 0) is 38.5 Å². The molecular weight excluding hydrogens is 310 g/mol. The molecule has 0 saturated carbocycles. The quantitative estimate of drug-likeness (QED) is 0.735. The van der Waals surface area contributed by atoms with E-state index >= 15 is 0 Å². The van der Waals surface area contributed by atoms with Gasteiger partial charge in [0.25, 0.3) is 0 Å². The molecule has 3 aliphatic rings. The Morgan fingerprint density at radius 3 is 2.71 bits per heavy atom. The molecule has 138 valence electrons. The molecule has 6 heteroatoms. The molecule has 0 aromatic rings. The molecule has 3 fully saturated rings. The molecule has 1 spiro atoms. The molecule has 6 nitrogen and oxygen atoms in total. The van der Waals surface area contributed by atoms with E-state index in [-0.39, 0.29) is 24.2 Å². The van der Waals surface area contributed by atoms with Crippen LogP contribution in [0.2, 0.25) is 0 Å². The third kappa shape index (κ3) is 4.69. The number of carbonyl (C=O) groups is 1. The first-order valence-corrected chi connectivity index (χ1v) is 9.39. The van der Waals surface area contributed by atoms with Crippen LogP contribution >= 0.6 is 0 Å². The van der Waals surface area contributed by atoms with Gasteiger partial charge in [-0.3, -0.25) is 4.79 Å². The summed E-state index contributed by atoms with van der Waals surface area (Å²) in [5.74, 6) is 0.727. The van der Waals surface area contributed by atoms with E-state index in [2.05, 4.69) is 0 Å². The Morgan fingerprint density at radius 2 is 2.00 bits per heavy atom. The number of nitrogens with zero attached hydrogens (tertiary/aromatic N) is 1. The van der Waals surface area contributed by atoms with E-state index in [9.17, 15) is 4.79 Å². The molecule has 0 N–H and O–H groups in total. The van der Waals surface area contributed by atoms with Gasteiger partial charge in [0.05, 0.1) is 24.9 Å². The summed E-state index contributed by atoms with van der Waals surface area (Å²) in [4.78, 5) is 13.9. The number of amides is 1. The van der Waals surface area contributed by atoms with Crippen molar-refractivity contribution in [3.8, 4) is 0 Å². The maximum absolute atomic E-state index is 12.0. The van der Waals surface area contributed by atoms with Gasteiger partial charge in [-0.25, -0.2) is 0 Å². The summed E-state index contributed by atoms with van der Waals surface area (Å²) in [6, 6.07) is 0. The van der Waals surface area contributed by atoms with Crippen molar-refractivity contribution in [3.63, 3.8) is 0 Å². The van der Waals surface area contributed by atoms with Gasteiger partial charge in [0, 0.05) is 39.3 Å². The van der Waals surface area contributed by atoms with Crippen LogP contribution in [0.15, 0.2) is 0 Å². The first kappa shape index (κ1) is 18.1. The van der Waals surface area contributed by atoms with Crippen LogP contribution in [-0.4, -0.2) is 75.2 Å². The summed E-state index contributed by atoms with van der Waals surface area (Å²) in [6.45, 7) is 7.46. The van der Waals surface area contributed by atoms with Crippen molar-refractivity contribution in [1.29, 1.82) is 0 Å². The number of carbonyl (C=O) groups excluding carboxylic acids is 1. The minimum Gasteiger partial charge on any atom is -0.381 e. The number of rotatable bonds is 6. The largest absolute Gasteiger partial charge is 0.381 e. The third-order valence-corrected chi connectivity index (χ3v) is 5.54. The summed E-state index contributed by atoms with van der Waals surface area (Å²) in [7, 11) is 0. The van der Waals surface area contributed by atoms with E-state index in [0.717, 1.165) is 65.0 Å². The second-order valence-electron chi connectivity index (χ2n) is 7.23. The highest BCUT2D eigenvalue weighted by Gasteiger charge is 2.43. The highest BCUT2D eigenvalue weighted by Crippen LogP contribution is 2.37. The van der Waals surface area contributed by atoms with E-state index in [0.29, 0.717) is 19.1 Å². The predicted octanol–water partition coefficient (Wildman–Crippen LogP) is 1.62. The van der Waals surface area contributed by atoms with Gasteiger partial charge in [0.1, 0.15) is 6.61 Å². The van der Waals surface area contributed by atoms with Crippen LogP contribution in [0.3, 0.4) is 0 Å². The molecule has 3 aliphatic heterocycles. The molecule has 3 rings (SSSR count). The summed E-state index contributed by atoms with van der Waals surface area (Å²) in [5.41, 5.74) is -0.0806. The highest BCUT2D eigenvalue weighted by atomic mass is 16.6. The zero-order chi connectivity index (χ0) is 16.8. The van der Waals surface area contributed by atoms with Crippen LogP contribution in [0, 0.1) is 5.92 Å². The van der Waals surface area contributed by atoms with Crippen LogP contribution in [0.5, 0.6) is 0 Å². The lowest BCUT2D eigenvalue weighted by Gasteiger charge is -2.38. The molecule has 0 bridgehead atoms. The normalized spacial score (nSPS) is 27.7. The first-order valence-electron chi connectivity index (χ1n) is 9.39. The van der Waals surface area contributed by atoms with Gasteiger partial charge < -0.3 is 23.8 Å². The smallest absolute Gasteiger partial charge is 0.248 e. The standard InChI is InChI=1S/C18H31NO5/c1-2-21-14-17(20)19-7-5-18(6-8-19)11-16(13-24-18)23-12-15-3-9-22-10-4-15/h15-16H,2-14H2,1H3. The minimum absolute atomic E-state index is 0.0806. The van der Waals surface area contributed by atoms with Gasteiger partial charge in [-0.15, -0.1) is 0 Å². The number of hydrogen-bond acceptors (Lipinski definition) is 5. The zero-order valence-electron chi connectivity index (χ0n) is 14.8. The Bertz CT molecular complexity index is 402. The maximum atomic E-state index is 12.0. The van der Waals surface area contributed by atoms with Crippen LogP contribution < -0.4 is 0 Å². The lowest BCUT2D eigenvalue weighted by atomic mass is 9.88. The van der Waals surface area contributed by atoms with Crippen molar-refractivity contribution in [1.82, 2.24) is 4.90 Å². The number of likely N-dealkylation sites (tertiary alicyclic amines) is 1. The molecular formula is C18H31NO5. The molecule has 0 aliphatic carbocycles. The fraction of sp³-hybridized carbons (Fsp3) is 0.944. The Balaban J connectivity index is 1.38. The average Bonchev–Trinajstić information content (AvgIpc) is 3.02. The average molecular weight is 341 g/mol. The fourth-order valence-corrected chi connectivity index (χ4v) is 3.89. The first-order chi connectivity index (χ1) is 11.7. The Kier molecular flexibility index (Phi) is 6.49. The number of ether oxygens (including phenoxy) is 4. The summed E-state index contributed by atoms with van der Waals surface area (Å²) in [5, 5.41) is 0. The second-order valence-corrected chi connectivity index (χ2v) is 7.23. The predicted molar refractivity (Wildman–Crippen MR) is 88.9 cm³/mol. The maximum Gasteiger partial charge on any atom is 0.248 e. The summed E-state index contributed by atoms with van der Waals surface area (Å²) in [6.07, 6.45) is 5.19. The van der Waals surface area contributed by atoms with Crippen molar-refractivity contribution in [3.05, 3.63) is 0 Å².